The first-order chi connectivity index (χ1) is 3.41. The van der Waals surface area contributed by atoms with E-state index in [0.29, 0.717) is 13.0 Å². The maximum atomic E-state index is 8.09. The van der Waals surface area contributed by atoms with E-state index in [1.165, 1.54) is 0 Å². The molecule has 0 saturated carbocycles. The summed E-state index contributed by atoms with van der Waals surface area (Å²) >= 11 is 0. The van der Waals surface area contributed by atoms with Gasteiger partial charge in [-0.3, -0.25) is 0 Å². The molecule has 0 aliphatic heterocycles. The first-order valence-corrected chi connectivity index (χ1v) is 2.45. The highest BCUT2D eigenvalue weighted by atomic mass is 16.5. The van der Waals surface area contributed by atoms with Crippen LogP contribution in [0.25, 0.3) is 0 Å². The van der Waals surface area contributed by atoms with Crippen molar-refractivity contribution in [2.24, 2.45) is 0 Å². The molecule has 0 rings (SSSR count). The highest BCUT2D eigenvalue weighted by molar-refractivity contribution is 4.42. The summed E-state index contributed by atoms with van der Waals surface area (Å²) in [5.41, 5.74) is 0. The van der Waals surface area contributed by atoms with Crippen LogP contribution in [0.4, 0.5) is 0 Å². The van der Waals surface area contributed by atoms with Crippen molar-refractivity contribution in [2.75, 3.05) is 13.2 Å². The molecule has 0 atom stereocenters. The van der Waals surface area contributed by atoms with Gasteiger partial charge in [0.25, 0.3) is 0 Å². The Labute approximate surface area is 44.1 Å². The van der Waals surface area contributed by atoms with Gasteiger partial charge in [-0.15, -0.1) is 0 Å². The third-order valence-corrected chi connectivity index (χ3v) is 0.595. The van der Waals surface area contributed by atoms with Crippen molar-refractivity contribution >= 4 is 0 Å². The fourth-order valence-corrected chi connectivity index (χ4v) is 0.280. The molecular formula is C5H11O2. The van der Waals surface area contributed by atoms with Crippen molar-refractivity contribution < 1.29 is 9.84 Å². The summed E-state index contributed by atoms with van der Waals surface area (Å²) in [6.07, 6.45) is 0.633. The Kier molecular flexibility index (Phi) is 5.85. The number of aliphatic hydroxyl groups is 1. The van der Waals surface area contributed by atoms with E-state index in [9.17, 15) is 0 Å². The molecule has 0 aromatic rings. The van der Waals surface area contributed by atoms with Crippen LogP contribution in [-0.2, 0) is 4.74 Å². The minimum Gasteiger partial charge on any atom is -0.390 e. The zero-order valence-corrected chi connectivity index (χ0v) is 4.55. The monoisotopic (exact) mass is 103 g/mol. The molecule has 1 radical (unpaired) electrons. The molecule has 0 heterocycles. The molecule has 43 valence electrons. The third-order valence-electron chi connectivity index (χ3n) is 0.595. The van der Waals surface area contributed by atoms with Crippen LogP contribution < -0.4 is 0 Å². The second-order valence-corrected chi connectivity index (χ2v) is 1.17. The highest BCUT2D eigenvalue weighted by Gasteiger charge is 1.80. The van der Waals surface area contributed by atoms with Gasteiger partial charge in [-0.25, -0.2) is 0 Å². The van der Waals surface area contributed by atoms with E-state index in [1.54, 1.807) is 0 Å². The highest BCUT2D eigenvalue weighted by Crippen LogP contribution is 1.81. The molecule has 0 aliphatic rings. The van der Waals surface area contributed by atoms with E-state index in [-0.39, 0.29) is 0 Å². The lowest BCUT2D eigenvalue weighted by atomic mass is 10.5. The molecule has 0 fully saturated rings. The lowest BCUT2D eigenvalue weighted by molar-refractivity contribution is 0.140. The molecule has 0 spiro atoms. The van der Waals surface area contributed by atoms with E-state index in [1.807, 2.05) is 6.92 Å². The van der Waals surface area contributed by atoms with Gasteiger partial charge < -0.3 is 9.84 Å². The molecule has 0 unspecified atom stereocenters. The smallest absolute Gasteiger partial charge is 0.0821 e. The Hall–Kier alpha value is -0.0800. The van der Waals surface area contributed by atoms with E-state index < -0.39 is 0 Å². The Bertz CT molecular complexity index is 25.3. The summed E-state index contributed by atoms with van der Waals surface area (Å²) in [6, 6.07) is 0. The van der Waals surface area contributed by atoms with Gasteiger partial charge in [0.05, 0.1) is 6.61 Å². The van der Waals surface area contributed by atoms with Crippen molar-refractivity contribution in [1.82, 2.24) is 0 Å². The number of rotatable bonds is 4. The van der Waals surface area contributed by atoms with Gasteiger partial charge in [-0.1, -0.05) is 0 Å². The summed E-state index contributed by atoms with van der Waals surface area (Å²) in [6.45, 7) is 4.40. The van der Waals surface area contributed by atoms with Crippen LogP contribution in [0.3, 0.4) is 0 Å². The fourth-order valence-electron chi connectivity index (χ4n) is 0.280. The standard InChI is InChI=1S/C5H11O2/c1-2-7-5-3-4-6/h4,6H,2-3,5H2,1H3. The zero-order chi connectivity index (χ0) is 5.54. The summed E-state index contributed by atoms with van der Waals surface area (Å²) in [4.78, 5) is 0. The van der Waals surface area contributed by atoms with Crippen LogP contribution >= 0.6 is 0 Å². The van der Waals surface area contributed by atoms with Crippen LogP contribution in [-0.4, -0.2) is 18.3 Å². The van der Waals surface area contributed by atoms with Crippen LogP contribution in [0, 0.1) is 6.61 Å². The second kappa shape index (κ2) is 5.92. The molecule has 0 saturated heterocycles. The Morgan fingerprint density at radius 2 is 2.43 bits per heavy atom. The summed E-state index contributed by atoms with van der Waals surface area (Å²) in [7, 11) is 0. The number of hydrogen-bond acceptors (Lipinski definition) is 2. The summed E-state index contributed by atoms with van der Waals surface area (Å²) < 4.78 is 4.88. The first kappa shape index (κ1) is 6.92. The quantitative estimate of drug-likeness (QED) is 0.537. The van der Waals surface area contributed by atoms with Gasteiger partial charge >= 0.3 is 0 Å². The third kappa shape index (κ3) is 5.92. The lowest BCUT2D eigenvalue weighted by Crippen LogP contribution is -1.92. The second-order valence-electron chi connectivity index (χ2n) is 1.17. The van der Waals surface area contributed by atoms with Crippen LogP contribution in [0.5, 0.6) is 0 Å². The zero-order valence-electron chi connectivity index (χ0n) is 4.55. The minimum absolute atomic E-state index is 0.632. The lowest BCUT2D eigenvalue weighted by Gasteiger charge is -1.94. The largest absolute Gasteiger partial charge is 0.390 e. The number of ether oxygens (including phenoxy) is 1. The van der Waals surface area contributed by atoms with E-state index >= 15 is 0 Å². The summed E-state index contributed by atoms with van der Waals surface area (Å²) in [5.74, 6) is 0. The van der Waals surface area contributed by atoms with Crippen molar-refractivity contribution in [3.63, 3.8) is 0 Å². The number of hydrogen-bond donors (Lipinski definition) is 1. The SMILES string of the molecule is CCOCC[CH]O. The van der Waals surface area contributed by atoms with E-state index in [0.717, 1.165) is 13.2 Å². The Morgan fingerprint density at radius 3 is 2.86 bits per heavy atom. The van der Waals surface area contributed by atoms with Gasteiger partial charge in [-0.2, -0.15) is 0 Å². The molecule has 0 amide bonds. The average Bonchev–Trinajstić information content (AvgIpc) is 1.69. The van der Waals surface area contributed by atoms with Crippen LogP contribution in [0.2, 0.25) is 0 Å². The first-order valence-electron chi connectivity index (χ1n) is 2.45. The van der Waals surface area contributed by atoms with Crippen LogP contribution in [0.1, 0.15) is 13.3 Å². The van der Waals surface area contributed by atoms with Crippen molar-refractivity contribution in [3.05, 3.63) is 6.61 Å². The number of aliphatic hydroxyl groups excluding tert-OH is 1. The van der Waals surface area contributed by atoms with Crippen LogP contribution in [0.15, 0.2) is 0 Å². The normalized spacial score (nSPS) is 9.43. The maximum absolute atomic E-state index is 8.09. The molecule has 2 nitrogen and oxygen atoms in total. The minimum atomic E-state index is 0.632. The van der Waals surface area contributed by atoms with Gasteiger partial charge in [-0.05, 0) is 13.3 Å². The molecule has 0 bridgehead atoms. The fraction of sp³-hybridized carbons (Fsp3) is 0.800. The van der Waals surface area contributed by atoms with E-state index in [2.05, 4.69) is 0 Å². The maximum Gasteiger partial charge on any atom is 0.0821 e. The molecule has 1 N–H and O–H groups in total. The van der Waals surface area contributed by atoms with Crippen molar-refractivity contribution in [3.8, 4) is 0 Å². The van der Waals surface area contributed by atoms with Gasteiger partial charge in [0.2, 0.25) is 0 Å². The topological polar surface area (TPSA) is 29.5 Å². The summed E-state index contributed by atoms with van der Waals surface area (Å²) in [5, 5.41) is 8.09. The van der Waals surface area contributed by atoms with Crippen molar-refractivity contribution in [1.29, 1.82) is 0 Å². The van der Waals surface area contributed by atoms with Gasteiger partial charge in [0, 0.05) is 13.2 Å². The molecule has 0 aliphatic carbocycles. The Morgan fingerprint density at radius 1 is 1.71 bits per heavy atom. The van der Waals surface area contributed by atoms with Gasteiger partial charge in [0.15, 0.2) is 0 Å². The Balaban J connectivity index is 2.45. The molecule has 0 aromatic heterocycles. The van der Waals surface area contributed by atoms with E-state index in [4.69, 9.17) is 9.84 Å². The predicted molar refractivity (Wildman–Crippen MR) is 27.3 cm³/mol. The molecule has 7 heavy (non-hydrogen) atoms. The molecular weight excluding hydrogens is 92.1 g/mol. The van der Waals surface area contributed by atoms with Crippen molar-refractivity contribution in [2.45, 2.75) is 13.3 Å². The molecule has 0 aromatic carbocycles. The predicted octanol–water partition coefficient (Wildman–Crippen LogP) is 0.947. The molecule has 2 heteroatoms. The van der Waals surface area contributed by atoms with Gasteiger partial charge in [0.1, 0.15) is 0 Å². The average molecular weight is 103 g/mol.